The Morgan fingerprint density at radius 1 is 0.333 bits per heavy atom. The van der Waals surface area contributed by atoms with Crippen molar-refractivity contribution in [1.82, 2.24) is 0 Å². The van der Waals surface area contributed by atoms with Crippen molar-refractivity contribution < 1.29 is 12.4 Å². The van der Waals surface area contributed by atoms with Gasteiger partial charge in [0.1, 0.15) is 0 Å². The summed E-state index contributed by atoms with van der Waals surface area (Å²) in [5.41, 5.74) is 0. The molecule has 0 saturated heterocycles. The molecule has 0 unspecified atom stereocenters. The van der Waals surface area contributed by atoms with E-state index >= 15 is 0 Å². The summed E-state index contributed by atoms with van der Waals surface area (Å²) < 4.78 is 34.8. The van der Waals surface area contributed by atoms with Crippen LogP contribution in [0.2, 0.25) is 0 Å². The fraction of sp³-hybridized carbons (Fsp3) is 1.00. The molecule has 0 aromatic rings. The molecule has 45 heavy (non-hydrogen) atoms. The van der Waals surface area contributed by atoms with Crippen molar-refractivity contribution in [1.29, 1.82) is 0 Å². The van der Waals surface area contributed by atoms with E-state index in [2.05, 4.69) is 34.6 Å². The second kappa shape index (κ2) is 30.4. The van der Waals surface area contributed by atoms with Crippen LogP contribution in [0.4, 0.5) is 0 Å². The molecule has 5 heteroatoms. The van der Waals surface area contributed by atoms with Gasteiger partial charge in [-0.05, 0) is 0 Å². The maximum absolute atomic E-state index is 13.9. The first-order chi connectivity index (χ1) is 21.8. The first kappa shape index (κ1) is 45.3. The molecule has 0 aliphatic carbocycles. The van der Waals surface area contributed by atoms with E-state index in [0.29, 0.717) is 0 Å². The summed E-state index contributed by atoms with van der Waals surface area (Å²) in [5, 5.41) is 0. The van der Waals surface area contributed by atoms with Crippen LogP contribution in [0, 0.1) is 0 Å². The zero-order chi connectivity index (χ0) is 33.4. The molecule has 0 N–H and O–H groups in total. The van der Waals surface area contributed by atoms with Crippen LogP contribution in [0.15, 0.2) is 0 Å². The molecule has 0 heterocycles. The Morgan fingerprint density at radius 2 is 0.556 bits per heavy atom. The standard InChI is InChI=1S/C40H85O3PS/c1-6-11-16-21-22-23-24-25-26-27-28-29-30-35-40-45(41,42)43-44(36-31-17-12-7-2,37-32-18-13-8-3,38-33-19-14-9-4)39-34-20-15-10-5/h6-40H2,1-5H3. The Kier molecular flexibility index (Phi) is 30.6. The Hall–Kier alpha value is 0.340. The van der Waals surface area contributed by atoms with Gasteiger partial charge in [-0.3, -0.25) is 0 Å². The van der Waals surface area contributed by atoms with Gasteiger partial charge in [0, 0.05) is 0 Å². The van der Waals surface area contributed by atoms with Crippen LogP contribution in [0.5, 0.6) is 0 Å². The second-order valence-electron chi connectivity index (χ2n) is 14.9. The van der Waals surface area contributed by atoms with Gasteiger partial charge < -0.3 is 0 Å². The second-order valence-corrected chi connectivity index (χ2v) is 22.6. The van der Waals surface area contributed by atoms with Crippen molar-refractivity contribution in [3.8, 4) is 0 Å². The molecule has 0 saturated carbocycles. The number of rotatable bonds is 37. The van der Waals surface area contributed by atoms with Crippen molar-refractivity contribution in [2.75, 3.05) is 30.4 Å². The number of unbranched alkanes of at least 4 members (excludes halogenated alkanes) is 25. The van der Waals surface area contributed by atoms with Crippen LogP contribution in [0.25, 0.3) is 0 Å². The Labute approximate surface area is 286 Å². The topological polar surface area (TPSA) is 43.4 Å². The van der Waals surface area contributed by atoms with E-state index in [4.69, 9.17) is 3.97 Å². The molecule has 0 aromatic heterocycles. The number of hydrogen-bond donors (Lipinski definition) is 0. The van der Waals surface area contributed by atoms with Gasteiger partial charge in [-0.2, -0.15) is 0 Å². The van der Waals surface area contributed by atoms with Gasteiger partial charge in [0.25, 0.3) is 0 Å². The maximum atomic E-state index is 13.9. The summed E-state index contributed by atoms with van der Waals surface area (Å²) >= 11 is 0. The van der Waals surface area contributed by atoms with Crippen LogP contribution in [-0.2, 0) is 14.1 Å². The molecule has 0 atom stereocenters. The van der Waals surface area contributed by atoms with Crippen LogP contribution < -0.4 is 0 Å². The fourth-order valence-corrected chi connectivity index (χ4v) is 17.5. The van der Waals surface area contributed by atoms with E-state index in [1.165, 1.54) is 148 Å². The SMILES string of the molecule is CCCCCCCCCCCCCCCCS(=O)(=O)OP(CCCCCC)(CCCCCC)(CCCCCC)CCCCCC. The number of hydrogen-bond acceptors (Lipinski definition) is 3. The van der Waals surface area contributed by atoms with Crippen LogP contribution >= 0.6 is 6.83 Å². The summed E-state index contributed by atoms with van der Waals surface area (Å²) in [7, 11) is -3.53. The Bertz CT molecular complexity index is 664. The van der Waals surface area contributed by atoms with Gasteiger partial charge >= 0.3 is 248 Å². The molecule has 274 valence electrons. The van der Waals surface area contributed by atoms with Gasteiger partial charge in [0.15, 0.2) is 0 Å². The van der Waals surface area contributed by atoms with E-state index in [0.717, 1.165) is 69.6 Å². The van der Waals surface area contributed by atoms with E-state index in [9.17, 15) is 8.42 Å². The third kappa shape index (κ3) is 25.0. The summed E-state index contributed by atoms with van der Waals surface area (Å²) in [6, 6.07) is 0. The molecule has 0 bridgehead atoms. The van der Waals surface area contributed by atoms with Crippen molar-refractivity contribution in [2.45, 2.75) is 227 Å². The average Bonchev–Trinajstić information content (AvgIpc) is 3.02. The van der Waals surface area contributed by atoms with Crippen molar-refractivity contribution >= 4 is 16.9 Å². The molecular formula is C40H85O3PS. The van der Waals surface area contributed by atoms with Crippen LogP contribution in [0.1, 0.15) is 227 Å². The first-order valence-electron chi connectivity index (χ1n) is 20.8. The molecule has 0 radical (unpaired) electrons. The average molecular weight is 677 g/mol. The Morgan fingerprint density at radius 3 is 0.822 bits per heavy atom. The van der Waals surface area contributed by atoms with Crippen LogP contribution in [0.3, 0.4) is 0 Å². The van der Waals surface area contributed by atoms with E-state index in [-0.39, 0.29) is 5.75 Å². The van der Waals surface area contributed by atoms with Gasteiger partial charge in [0.2, 0.25) is 0 Å². The predicted octanol–water partition coefficient (Wildman–Crippen LogP) is 14.6. The minimum atomic E-state index is -3.53. The third-order valence-electron chi connectivity index (χ3n) is 10.4. The molecule has 0 aromatic carbocycles. The Balaban J connectivity index is 5.29. The quantitative estimate of drug-likeness (QED) is 0.0486. The van der Waals surface area contributed by atoms with E-state index < -0.39 is 16.9 Å². The zero-order valence-electron chi connectivity index (χ0n) is 31.8. The van der Waals surface area contributed by atoms with Crippen molar-refractivity contribution in [3.05, 3.63) is 0 Å². The van der Waals surface area contributed by atoms with E-state index in [1.54, 1.807) is 0 Å². The molecule has 0 aliphatic heterocycles. The fourth-order valence-electron chi connectivity index (χ4n) is 7.41. The van der Waals surface area contributed by atoms with Gasteiger partial charge in [-0.1, -0.05) is 39.0 Å². The molecule has 0 rings (SSSR count). The minimum absolute atomic E-state index is 0.233. The molecule has 0 amide bonds. The van der Waals surface area contributed by atoms with Crippen molar-refractivity contribution in [3.63, 3.8) is 0 Å². The summed E-state index contributed by atoms with van der Waals surface area (Å²) in [6.07, 6.45) is 41.5. The molecule has 0 spiro atoms. The van der Waals surface area contributed by atoms with Gasteiger partial charge in [-0.15, -0.1) is 0 Å². The summed E-state index contributed by atoms with van der Waals surface area (Å²) in [4.78, 5) is 0. The molecular weight excluding hydrogens is 591 g/mol. The monoisotopic (exact) mass is 677 g/mol. The summed E-state index contributed by atoms with van der Waals surface area (Å²) in [6.45, 7) is 8.50. The predicted molar refractivity (Wildman–Crippen MR) is 208 cm³/mol. The normalized spacial score (nSPS) is 13.3. The summed E-state index contributed by atoms with van der Waals surface area (Å²) in [5.74, 6) is 0.233. The van der Waals surface area contributed by atoms with E-state index in [1.807, 2.05) is 0 Å². The molecule has 0 fully saturated rings. The molecule has 0 aliphatic rings. The molecule has 3 nitrogen and oxygen atoms in total. The third-order valence-corrected chi connectivity index (χ3v) is 19.6. The van der Waals surface area contributed by atoms with Crippen LogP contribution in [-0.4, -0.2) is 38.8 Å². The first-order valence-corrected chi connectivity index (χ1v) is 25.2. The van der Waals surface area contributed by atoms with Gasteiger partial charge in [-0.25, -0.2) is 0 Å². The zero-order valence-corrected chi connectivity index (χ0v) is 33.5. The van der Waals surface area contributed by atoms with Gasteiger partial charge in [0.05, 0.1) is 0 Å². The van der Waals surface area contributed by atoms with Crippen molar-refractivity contribution in [2.24, 2.45) is 0 Å².